The van der Waals surface area contributed by atoms with Gasteiger partial charge in [-0.05, 0) is 44.0 Å². The lowest BCUT2D eigenvalue weighted by Crippen LogP contribution is -2.55. The van der Waals surface area contributed by atoms with Crippen LogP contribution >= 0.6 is 27.5 Å². The second-order valence-corrected chi connectivity index (χ2v) is 6.67. The van der Waals surface area contributed by atoms with Crippen LogP contribution in [0.15, 0.2) is 18.2 Å². The molecule has 1 aromatic rings. The number of halogens is 2. The minimum absolute atomic E-state index is 0.570. The van der Waals surface area contributed by atoms with Gasteiger partial charge >= 0.3 is 0 Å². The van der Waals surface area contributed by atoms with Crippen molar-refractivity contribution in [3.05, 3.63) is 28.8 Å². The van der Waals surface area contributed by atoms with Crippen LogP contribution in [0, 0.1) is 0 Å². The number of hydrogen-bond acceptors (Lipinski definition) is 2. The number of fused-ring (bicyclic) bond motifs is 1. The molecule has 0 N–H and O–H groups in total. The first-order valence-electron chi connectivity index (χ1n) is 7.04. The Hall–Kier alpha value is -0.250. The summed E-state index contributed by atoms with van der Waals surface area (Å²) in [6, 6.07) is 7.79. The maximum absolute atomic E-state index is 6.34. The normalized spacial score (nSPS) is 27.6. The zero-order valence-corrected chi connectivity index (χ0v) is 13.6. The first-order chi connectivity index (χ1) is 9.19. The number of piperazine rings is 1. The van der Waals surface area contributed by atoms with Crippen molar-refractivity contribution in [3.63, 3.8) is 0 Å². The first kappa shape index (κ1) is 13.7. The lowest BCUT2D eigenvalue weighted by atomic mass is 10.1. The van der Waals surface area contributed by atoms with E-state index >= 15 is 0 Å². The van der Waals surface area contributed by atoms with E-state index in [9.17, 15) is 0 Å². The summed E-state index contributed by atoms with van der Waals surface area (Å²) >= 11 is 9.81. The molecule has 3 rings (SSSR count). The Morgan fingerprint density at radius 1 is 1.37 bits per heavy atom. The number of anilines is 1. The molecule has 104 valence electrons. The van der Waals surface area contributed by atoms with Gasteiger partial charge in [-0.3, -0.25) is 4.90 Å². The number of rotatable bonds is 2. The van der Waals surface area contributed by atoms with E-state index in [1.54, 1.807) is 0 Å². The molecule has 0 saturated carbocycles. The Kier molecular flexibility index (Phi) is 4.06. The van der Waals surface area contributed by atoms with E-state index in [1.165, 1.54) is 31.6 Å². The molecule has 2 nitrogen and oxygen atoms in total. The lowest BCUT2D eigenvalue weighted by Gasteiger charge is -2.43. The molecule has 0 bridgehead atoms. The standard InChI is InChI=1S/C15H20BrClN2/c1-11-9-18-6-2-3-14(18)10-19(11)13-5-4-12(8-16)15(17)7-13/h4-5,7,11,14H,2-3,6,8-10H2,1H3. The van der Waals surface area contributed by atoms with Crippen molar-refractivity contribution in [2.24, 2.45) is 0 Å². The van der Waals surface area contributed by atoms with Crippen molar-refractivity contribution in [2.45, 2.75) is 37.2 Å². The first-order valence-corrected chi connectivity index (χ1v) is 8.54. The van der Waals surface area contributed by atoms with Crippen LogP contribution in [0.25, 0.3) is 0 Å². The fourth-order valence-electron chi connectivity index (χ4n) is 3.37. The molecule has 0 amide bonds. The smallest absolute Gasteiger partial charge is 0.0467 e. The molecular formula is C15H20BrClN2. The monoisotopic (exact) mass is 342 g/mol. The summed E-state index contributed by atoms with van der Waals surface area (Å²) < 4.78 is 0. The molecule has 4 heteroatoms. The van der Waals surface area contributed by atoms with Gasteiger partial charge in [-0.25, -0.2) is 0 Å². The van der Waals surface area contributed by atoms with E-state index in [2.05, 4.69) is 50.9 Å². The quantitative estimate of drug-likeness (QED) is 0.751. The Labute approximate surface area is 128 Å². The number of benzene rings is 1. The third-order valence-corrected chi connectivity index (χ3v) is 5.41. The van der Waals surface area contributed by atoms with Gasteiger partial charge in [0.05, 0.1) is 0 Å². The second-order valence-electron chi connectivity index (χ2n) is 5.70. The van der Waals surface area contributed by atoms with Gasteiger partial charge in [0.15, 0.2) is 0 Å². The van der Waals surface area contributed by atoms with Crippen molar-refractivity contribution in [3.8, 4) is 0 Å². The van der Waals surface area contributed by atoms with Gasteiger partial charge in [-0.15, -0.1) is 0 Å². The van der Waals surface area contributed by atoms with Gasteiger partial charge in [-0.1, -0.05) is 33.6 Å². The highest BCUT2D eigenvalue weighted by atomic mass is 79.9. The molecule has 2 aliphatic heterocycles. The van der Waals surface area contributed by atoms with Crippen LogP contribution in [0.4, 0.5) is 5.69 Å². The Morgan fingerprint density at radius 3 is 2.95 bits per heavy atom. The number of hydrogen-bond donors (Lipinski definition) is 0. The molecule has 19 heavy (non-hydrogen) atoms. The third kappa shape index (κ3) is 2.65. The molecule has 0 aliphatic carbocycles. The topological polar surface area (TPSA) is 6.48 Å². The molecule has 0 aromatic heterocycles. The van der Waals surface area contributed by atoms with Crippen LogP contribution in [-0.2, 0) is 5.33 Å². The molecule has 2 unspecified atom stereocenters. The van der Waals surface area contributed by atoms with Crippen LogP contribution in [-0.4, -0.2) is 36.6 Å². The van der Waals surface area contributed by atoms with E-state index in [-0.39, 0.29) is 0 Å². The predicted molar refractivity (Wildman–Crippen MR) is 85.5 cm³/mol. The molecule has 2 atom stereocenters. The van der Waals surface area contributed by atoms with E-state index in [4.69, 9.17) is 11.6 Å². The summed E-state index contributed by atoms with van der Waals surface area (Å²) in [6.07, 6.45) is 2.70. The van der Waals surface area contributed by atoms with Crippen molar-refractivity contribution < 1.29 is 0 Å². The highest BCUT2D eigenvalue weighted by Gasteiger charge is 2.34. The van der Waals surface area contributed by atoms with Gasteiger partial charge in [-0.2, -0.15) is 0 Å². The maximum Gasteiger partial charge on any atom is 0.0467 e. The zero-order chi connectivity index (χ0) is 13.4. The molecule has 2 saturated heterocycles. The summed E-state index contributed by atoms with van der Waals surface area (Å²) in [5.74, 6) is 0. The number of nitrogens with zero attached hydrogens (tertiary/aromatic N) is 2. The summed E-state index contributed by atoms with van der Waals surface area (Å²) in [7, 11) is 0. The Balaban J connectivity index is 1.82. The average Bonchev–Trinajstić information content (AvgIpc) is 2.84. The highest BCUT2D eigenvalue weighted by molar-refractivity contribution is 9.08. The van der Waals surface area contributed by atoms with Crippen LogP contribution in [0.1, 0.15) is 25.3 Å². The summed E-state index contributed by atoms with van der Waals surface area (Å²) in [4.78, 5) is 5.17. The van der Waals surface area contributed by atoms with Crippen LogP contribution in [0.2, 0.25) is 5.02 Å². The van der Waals surface area contributed by atoms with Gasteiger partial charge in [0.2, 0.25) is 0 Å². The van der Waals surface area contributed by atoms with Crippen molar-refractivity contribution >= 4 is 33.2 Å². The zero-order valence-electron chi connectivity index (χ0n) is 11.3. The highest BCUT2D eigenvalue weighted by Crippen LogP contribution is 2.31. The largest absolute Gasteiger partial charge is 0.366 e. The Morgan fingerprint density at radius 2 is 2.21 bits per heavy atom. The van der Waals surface area contributed by atoms with Crippen LogP contribution < -0.4 is 4.90 Å². The van der Waals surface area contributed by atoms with Crippen molar-refractivity contribution in [2.75, 3.05) is 24.5 Å². The average molecular weight is 344 g/mol. The van der Waals surface area contributed by atoms with Gasteiger partial charge in [0.25, 0.3) is 0 Å². The fourth-order valence-corrected chi connectivity index (χ4v) is 4.26. The molecule has 2 heterocycles. The van der Waals surface area contributed by atoms with E-state index in [0.717, 1.165) is 28.5 Å². The fraction of sp³-hybridized carbons (Fsp3) is 0.600. The summed E-state index contributed by atoms with van der Waals surface area (Å²) in [5.41, 5.74) is 2.44. The summed E-state index contributed by atoms with van der Waals surface area (Å²) in [6.45, 7) is 5.93. The number of alkyl halides is 1. The van der Waals surface area contributed by atoms with E-state index < -0.39 is 0 Å². The minimum atomic E-state index is 0.570. The molecule has 2 aliphatic rings. The second kappa shape index (κ2) is 5.63. The van der Waals surface area contributed by atoms with Crippen LogP contribution in [0.3, 0.4) is 0 Å². The van der Waals surface area contributed by atoms with Gasteiger partial charge < -0.3 is 4.90 Å². The van der Waals surface area contributed by atoms with Gasteiger partial charge in [0.1, 0.15) is 0 Å². The van der Waals surface area contributed by atoms with Crippen molar-refractivity contribution in [1.29, 1.82) is 0 Å². The van der Waals surface area contributed by atoms with E-state index in [0.29, 0.717) is 6.04 Å². The molecule has 0 spiro atoms. The maximum atomic E-state index is 6.34. The molecule has 0 radical (unpaired) electrons. The summed E-state index contributed by atoms with van der Waals surface area (Å²) in [5, 5.41) is 1.69. The van der Waals surface area contributed by atoms with Gasteiger partial charge in [0, 0.05) is 41.2 Å². The Bertz CT molecular complexity index is 465. The van der Waals surface area contributed by atoms with Crippen molar-refractivity contribution in [1.82, 2.24) is 4.90 Å². The SMILES string of the molecule is CC1CN2CCCC2CN1c1ccc(CBr)c(Cl)c1. The lowest BCUT2D eigenvalue weighted by molar-refractivity contribution is 0.203. The van der Waals surface area contributed by atoms with E-state index in [1.807, 2.05) is 0 Å². The van der Waals surface area contributed by atoms with Crippen LogP contribution in [0.5, 0.6) is 0 Å². The predicted octanol–water partition coefficient (Wildman–Crippen LogP) is 3.91. The minimum Gasteiger partial charge on any atom is -0.366 e. The molecular weight excluding hydrogens is 324 g/mol. The third-order valence-electron chi connectivity index (χ3n) is 4.45. The molecule has 1 aromatic carbocycles. The molecule has 2 fully saturated rings.